The summed E-state index contributed by atoms with van der Waals surface area (Å²) in [7, 11) is 0. The van der Waals surface area contributed by atoms with Crippen LogP contribution in [0.2, 0.25) is 0 Å². The molecule has 1 aromatic carbocycles. The minimum absolute atomic E-state index is 0.118. The van der Waals surface area contributed by atoms with Crippen molar-refractivity contribution in [1.29, 1.82) is 0 Å². The molecule has 0 aromatic heterocycles. The molecular formula is C12H13F2NO2. The standard InChI is InChI=1S/C12H13F2NO2/c13-12(14)16-10-2-1-9(7-11(10)17-12)8-3-5-15-6-4-8/h1-2,7-8,15H,3-6H2. The third kappa shape index (κ3) is 2.07. The molecule has 1 fully saturated rings. The van der Waals surface area contributed by atoms with Crippen molar-refractivity contribution in [3.05, 3.63) is 23.8 Å². The van der Waals surface area contributed by atoms with Crippen LogP contribution in [0.5, 0.6) is 11.5 Å². The van der Waals surface area contributed by atoms with E-state index >= 15 is 0 Å². The largest absolute Gasteiger partial charge is 0.586 e. The number of nitrogens with one attached hydrogen (secondary N) is 1. The molecule has 2 aliphatic rings. The van der Waals surface area contributed by atoms with Gasteiger partial charge in [-0.2, -0.15) is 0 Å². The predicted molar refractivity (Wildman–Crippen MR) is 57.5 cm³/mol. The smallest absolute Gasteiger partial charge is 0.395 e. The molecule has 0 radical (unpaired) electrons. The Labute approximate surface area is 97.7 Å². The summed E-state index contributed by atoms with van der Waals surface area (Å²) in [4.78, 5) is 0. The van der Waals surface area contributed by atoms with Crippen molar-refractivity contribution in [1.82, 2.24) is 5.32 Å². The van der Waals surface area contributed by atoms with Crippen molar-refractivity contribution in [3.8, 4) is 11.5 Å². The molecule has 0 spiro atoms. The highest BCUT2D eigenvalue weighted by atomic mass is 19.3. The van der Waals surface area contributed by atoms with Crippen LogP contribution in [-0.2, 0) is 0 Å². The topological polar surface area (TPSA) is 30.5 Å². The lowest BCUT2D eigenvalue weighted by Gasteiger charge is -2.22. The summed E-state index contributed by atoms with van der Waals surface area (Å²) < 4.78 is 34.5. The monoisotopic (exact) mass is 241 g/mol. The van der Waals surface area contributed by atoms with E-state index in [1.165, 1.54) is 0 Å². The molecule has 1 aromatic rings. The molecule has 2 heterocycles. The number of halogens is 2. The number of alkyl halides is 2. The van der Waals surface area contributed by atoms with E-state index in [0.29, 0.717) is 5.92 Å². The van der Waals surface area contributed by atoms with Gasteiger partial charge >= 0.3 is 6.29 Å². The van der Waals surface area contributed by atoms with E-state index in [4.69, 9.17) is 0 Å². The Morgan fingerprint density at radius 2 is 1.82 bits per heavy atom. The average Bonchev–Trinajstić information content (AvgIpc) is 2.63. The summed E-state index contributed by atoms with van der Waals surface area (Å²) >= 11 is 0. The maximum atomic E-state index is 12.9. The maximum absolute atomic E-state index is 12.9. The van der Waals surface area contributed by atoms with Crippen molar-refractivity contribution in [2.45, 2.75) is 25.1 Å². The second kappa shape index (κ2) is 3.84. The fourth-order valence-corrected chi connectivity index (χ4v) is 2.37. The van der Waals surface area contributed by atoms with Gasteiger partial charge in [0.25, 0.3) is 0 Å². The average molecular weight is 241 g/mol. The molecule has 5 heteroatoms. The van der Waals surface area contributed by atoms with Crippen molar-refractivity contribution >= 4 is 0 Å². The van der Waals surface area contributed by atoms with Gasteiger partial charge in [0, 0.05) is 0 Å². The van der Waals surface area contributed by atoms with E-state index < -0.39 is 6.29 Å². The van der Waals surface area contributed by atoms with Gasteiger partial charge in [0.05, 0.1) is 0 Å². The summed E-state index contributed by atoms with van der Waals surface area (Å²) in [5, 5.41) is 3.27. The Balaban J connectivity index is 1.85. The predicted octanol–water partition coefficient (Wildman–Crippen LogP) is 2.48. The number of hydrogen-bond acceptors (Lipinski definition) is 3. The summed E-state index contributed by atoms with van der Waals surface area (Å²) in [6.07, 6.45) is -1.47. The van der Waals surface area contributed by atoms with Gasteiger partial charge in [-0.1, -0.05) is 6.07 Å². The first kappa shape index (κ1) is 10.8. The summed E-state index contributed by atoms with van der Waals surface area (Å²) in [6, 6.07) is 5.08. The Kier molecular flexibility index (Phi) is 2.43. The number of fused-ring (bicyclic) bond motifs is 1. The molecule has 0 bridgehead atoms. The first-order chi connectivity index (χ1) is 8.14. The van der Waals surface area contributed by atoms with Crippen LogP contribution in [0.1, 0.15) is 24.3 Å². The van der Waals surface area contributed by atoms with E-state index in [-0.39, 0.29) is 11.5 Å². The molecule has 3 nitrogen and oxygen atoms in total. The zero-order valence-electron chi connectivity index (χ0n) is 9.21. The van der Waals surface area contributed by atoms with E-state index in [9.17, 15) is 8.78 Å². The van der Waals surface area contributed by atoms with E-state index in [0.717, 1.165) is 31.5 Å². The van der Waals surface area contributed by atoms with E-state index in [1.807, 2.05) is 6.07 Å². The Bertz CT molecular complexity index is 431. The quantitative estimate of drug-likeness (QED) is 0.819. The molecule has 0 aliphatic carbocycles. The van der Waals surface area contributed by atoms with Crippen LogP contribution in [0.25, 0.3) is 0 Å². The fourth-order valence-electron chi connectivity index (χ4n) is 2.37. The summed E-state index contributed by atoms with van der Waals surface area (Å²) in [5.74, 6) is 0.679. The normalized spacial score (nSPS) is 22.7. The second-order valence-electron chi connectivity index (χ2n) is 4.40. The van der Waals surface area contributed by atoms with Crippen LogP contribution in [0, 0.1) is 0 Å². The van der Waals surface area contributed by atoms with Gasteiger partial charge in [-0.15, -0.1) is 8.78 Å². The van der Waals surface area contributed by atoms with Crippen molar-refractivity contribution in [2.75, 3.05) is 13.1 Å². The van der Waals surface area contributed by atoms with Gasteiger partial charge in [0.15, 0.2) is 11.5 Å². The summed E-state index contributed by atoms with van der Waals surface area (Å²) in [6.45, 7) is 1.94. The van der Waals surface area contributed by atoms with Gasteiger partial charge in [-0.25, -0.2) is 0 Å². The maximum Gasteiger partial charge on any atom is 0.586 e. The van der Waals surface area contributed by atoms with Crippen LogP contribution in [0.3, 0.4) is 0 Å². The number of ether oxygens (including phenoxy) is 2. The highest BCUT2D eigenvalue weighted by Gasteiger charge is 2.43. The van der Waals surface area contributed by atoms with Crippen LogP contribution < -0.4 is 14.8 Å². The lowest BCUT2D eigenvalue weighted by Crippen LogP contribution is -2.26. The fraction of sp³-hybridized carbons (Fsp3) is 0.500. The molecule has 2 aliphatic heterocycles. The Hall–Kier alpha value is -1.36. The molecular weight excluding hydrogens is 228 g/mol. The van der Waals surface area contributed by atoms with Crippen LogP contribution in [-0.4, -0.2) is 19.4 Å². The third-order valence-corrected chi connectivity index (χ3v) is 3.24. The van der Waals surface area contributed by atoms with Crippen LogP contribution in [0.4, 0.5) is 8.78 Å². The van der Waals surface area contributed by atoms with Gasteiger partial charge in [-0.3, -0.25) is 0 Å². The van der Waals surface area contributed by atoms with Gasteiger partial charge < -0.3 is 14.8 Å². The van der Waals surface area contributed by atoms with Crippen molar-refractivity contribution < 1.29 is 18.3 Å². The molecule has 1 saturated heterocycles. The summed E-state index contributed by atoms with van der Waals surface area (Å²) in [5.41, 5.74) is 1.05. The van der Waals surface area contributed by atoms with Gasteiger partial charge in [0.2, 0.25) is 0 Å². The van der Waals surface area contributed by atoms with E-state index in [2.05, 4.69) is 14.8 Å². The Morgan fingerprint density at radius 1 is 1.12 bits per heavy atom. The second-order valence-corrected chi connectivity index (χ2v) is 4.40. The highest BCUT2D eigenvalue weighted by Crippen LogP contribution is 2.42. The molecule has 0 amide bonds. The number of benzene rings is 1. The first-order valence-corrected chi connectivity index (χ1v) is 5.74. The van der Waals surface area contributed by atoms with Crippen LogP contribution in [0.15, 0.2) is 18.2 Å². The molecule has 0 atom stereocenters. The van der Waals surface area contributed by atoms with E-state index in [1.54, 1.807) is 12.1 Å². The van der Waals surface area contributed by atoms with Crippen molar-refractivity contribution in [3.63, 3.8) is 0 Å². The Morgan fingerprint density at radius 3 is 2.59 bits per heavy atom. The lowest BCUT2D eigenvalue weighted by molar-refractivity contribution is -0.286. The number of hydrogen-bond donors (Lipinski definition) is 1. The molecule has 0 unspecified atom stereocenters. The molecule has 1 N–H and O–H groups in total. The molecule has 0 saturated carbocycles. The van der Waals surface area contributed by atoms with Crippen LogP contribution >= 0.6 is 0 Å². The van der Waals surface area contributed by atoms with Gasteiger partial charge in [0.1, 0.15) is 0 Å². The molecule has 3 rings (SSSR count). The molecule has 92 valence electrons. The number of piperidine rings is 1. The number of rotatable bonds is 1. The van der Waals surface area contributed by atoms with Gasteiger partial charge in [-0.05, 0) is 49.5 Å². The zero-order valence-corrected chi connectivity index (χ0v) is 9.21. The zero-order chi connectivity index (χ0) is 11.9. The first-order valence-electron chi connectivity index (χ1n) is 5.74. The third-order valence-electron chi connectivity index (χ3n) is 3.24. The molecule has 17 heavy (non-hydrogen) atoms. The minimum Gasteiger partial charge on any atom is -0.395 e. The van der Waals surface area contributed by atoms with Crippen molar-refractivity contribution in [2.24, 2.45) is 0 Å². The lowest BCUT2D eigenvalue weighted by atomic mass is 9.90. The SMILES string of the molecule is FC1(F)Oc2ccc(C3CCNCC3)cc2O1. The minimum atomic E-state index is -3.52. The highest BCUT2D eigenvalue weighted by molar-refractivity contribution is 5.46.